The Hall–Kier alpha value is -1.36. The van der Waals surface area contributed by atoms with E-state index in [0.717, 1.165) is 55.8 Å². The smallest absolute Gasteiger partial charge is 0.134 e. The van der Waals surface area contributed by atoms with Crippen LogP contribution in [-0.4, -0.2) is 36.3 Å². The number of hydrogen-bond acceptors (Lipinski definition) is 5. The molecule has 0 unspecified atom stereocenters. The molecule has 0 amide bonds. The van der Waals surface area contributed by atoms with Gasteiger partial charge in [-0.25, -0.2) is 9.97 Å². The van der Waals surface area contributed by atoms with Crippen molar-refractivity contribution in [2.45, 2.75) is 33.1 Å². The predicted molar refractivity (Wildman–Crippen MR) is 77.6 cm³/mol. The molecular weight excluding hydrogens is 240 g/mol. The normalized spacial score (nSPS) is 14.4. The number of nitrogens with one attached hydrogen (secondary N) is 2. The van der Waals surface area contributed by atoms with Crippen molar-refractivity contribution in [1.29, 1.82) is 0 Å². The number of aromatic nitrogens is 2. The molecule has 1 aromatic heterocycles. The summed E-state index contributed by atoms with van der Waals surface area (Å²) in [7, 11) is 0. The largest absolute Gasteiger partial charge is 0.381 e. The monoisotopic (exact) mass is 264 g/mol. The minimum absolute atomic E-state index is 0.827. The summed E-state index contributed by atoms with van der Waals surface area (Å²) in [5.74, 6) is 2.66. The second-order valence-corrected chi connectivity index (χ2v) is 5.02. The average Bonchev–Trinajstić information content (AvgIpc) is 3.22. The summed E-state index contributed by atoms with van der Waals surface area (Å²) < 4.78 is 5.60. The molecule has 2 N–H and O–H groups in total. The lowest BCUT2D eigenvalue weighted by atomic mass is 10.3. The Bertz CT molecular complexity index is 393. The van der Waals surface area contributed by atoms with Gasteiger partial charge in [-0.1, -0.05) is 0 Å². The fourth-order valence-corrected chi connectivity index (χ4v) is 1.89. The van der Waals surface area contributed by atoms with Gasteiger partial charge in [0.1, 0.15) is 18.0 Å². The van der Waals surface area contributed by atoms with Crippen LogP contribution < -0.4 is 10.6 Å². The van der Waals surface area contributed by atoms with Crippen LogP contribution in [0.1, 0.15) is 31.7 Å². The Morgan fingerprint density at radius 3 is 2.68 bits per heavy atom. The lowest BCUT2D eigenvalue weighted by Crippen LogP contribution is -2.11. The molecule has 1 aliphatic carbocycles. The maximum Gasteiger partial charge on any atom is 0.134 e. The van der Waals surface area contributed by atoms with Gasteiger partial charge in [0.2, 0.25) is 0 Å². The number of ether oxygens (including phenoxy) is 1. The van der Waals surface area contributed by atoms with Gasteiger partial charge in [0.25, 0.3) is 0 Å². The van der Waals surface area contributed by atoms with Gasteiger partial charge in [0.05, 0.1) is 0 Å². The Kier molecular flexibility index (Phi) is 5.39. The summed E-state index contributed by atoms with van der Waals surface area (Å²) in [5, 5.41) is 6.57. The molecule has 0 atom stereocenters. The molecule has 0 saturated heterocycles. The fourth-order valence-electron chi connectivity index (χ4n) is 1.89. The minimum Gasteiger partial charge on any atom is -0.381 e. The van der Waals surface area contributed by atoms with Crippen molar-refractivity contribution >= 4 is 11.6 Å². The van der Waals surface area contributed by atoms with Crippen LogP contribution in [-0.2, 0) is 4.74 Å². The second-order valence-electron chi connectivity index (χ2n) is 5.02. The standard InChI is InChI=1S/C14H24N4O/c1-3-15-13-11(2)14(18-10-17-13)16-7-4-8-19-9-12-5-6-12/h10,12H,3-9H2,1-2H3,(H2,15,16,17,18). The summed E-state index contributed by atoms with van der Waals surface area (Å²) in [5.41, 5.74) is 1.07. The molecule has 1 heterocycles. The number of rotatable bonds is 9. The number of hydrogen-bond donors (Lipinski definition) is 2. The zero-order valence-electron chi connectivity index (χ0n) is 11.9. The van der Waals surface area contributed by atoms with Gasteiger partial charge in [-0.3, -0.25) is 0 Å². The first-order chi connectivity index (χ1) is 9.31. The van der Waals surface area contributed by atoms with Crippen molar-refractivity contribution in [3.8, 4) is 0 Å². The molecule has 1 fully saturated rings. The summed E-state index contributed by atoms with van der Waals surface area (Å²) in [6.45, 7) is 7.61. The third-order valence-electron chi connectivity index (χ3n) is 3.24. The molecule has 1 aromatic rings. The summed E-state index contributed by atoms with van der Waals surface area (Å²) >= 11 is 0. The van der Waals surface area contributed by atoms with Gasteiger partial charge in [-0.15, -0.1) is 0 Å². The van der Waals surface area contributed by atoms with Crippen molar-refractivity contribution < 1.29 is 4.74 Å². The Balaban J connectivity index is 1.67. The van der Waals surface area contributed by atoms with E-state index in [9.17, 15) is 0 Å². The molecule has 1 saturated carbocycles. The lowest BCUT2D eigenvalue weighted by molar-refractivity contribution is 0.124. The minimum atomic E-state index is 0.827. The van der Waals surface area contributed by atoms with Gasteiger partial charge in [0, 0.05) is 31.9 Å². The maximum atomic E-state index is 5.60. The molecule has 19 heavy (non-hydrogen) atoms. The third-order valence-corrected chi connectivity index (χ3v) is 3.24. The van der Waals surface area contributed by atoms with Gasteiger partial charge in [0.15, 0.2) is 0 Å². The van der Waals surface area contributed by atoms with Crippen LogP contribution >= 0.6 is 0 Å². The summed E-state index contributed by atoms with van der Waals surface area (Å²) in [6, 6.07) is 0. The van der Waals surface area contributed by atoms with E-state index in [-0.39, 0.29) is 0 Å². The van der Waals surface area contributed by atoms with Crippen LogP contribution in [0.3, 0.4) is 0 Å². The van der Waals surface area contributed by atoms with Crippen molar-refractivity contribution in [1.82, 2.24) is 9.97 Å². The van der Waals surface area contributed by atoms with Crippen molar-refractivity contribution in [2.75, 3.05) is 36.9 Å². The van der Waals surface area contributed by atoms with Gasteiger partial charge < -0.3 is 15.4 Å². The first-order valence-electron chi connectivity index (χ1n) is 7.18. The summed E-state index contributed by atoms with van der Waals surface area (Å²) in [6.07, 6.45) is 5.31. The topological polar surface area (TPSA) is 59.1 Å². The van der Waals surface area contributed by atoms with Crippen molar-refractivity contribution in [2.24, 2.45) is 5.92 Å². The lowest BCUT2D eigenvalue weighted by Gasteiger charge is -2.11. The van der Waals surface area contributed by atoms with Crippen LogP contribution in [0.5, 0.6) is 0 Å². The highest BCUT2D eigenvalue weighted by Crippen LogP contribution is 2.28. The van der Waals surface area contributed by atoms with Crippen LogP contribution in [0.2, 0.25) is 0 Å². The molecular formula is C14H24N4O. The zero-order valence-corrected chi connectivity index (χ0v) is 11.9. The van der Waals surface area contributed by atoms with E-state index in [1.165, 1.54) is 12.8 Å². The molecule has 106 valence electrons. The average molecular weight is 264 g/mol. The van der Waals surface area contributed by atoms with E-state index in [0.29, 0.717) is 0 Å². The second kappa shape index (κ2) is 7.28. The Morgan fingerprint density at radius 1 is 1.26 bits per heavy atom. The molecule has 0 bridgehead atoms. The van der Waals surface area contributed by atoms with E-state index in [2.05, 4.69) is 27.5 Å². The van der Waals surface area contributed by atoms with E-state index >= 15 is 0 Å². The molecule has 0 spiro atoms. The third kappa shape index (κ3) is 4.67. The first-order valence-corrected chi connectivity index (χ1v) is 7.18. The van der Waals surface area contributed by atoms with Crippen LogP contribution in [0.15, 0.2) is 6.33 Å². The molecule has 0 aromatic carbocycles. The molecule has 0 radical (unpaired) electrons. The molecule has 5 heteroatoms. The van der Waals surface area contributed by atoms with E-state index < -0.39 is 0 Å². The van der Waals surface area contributed by atoms with Crippen molar-refractivity contribution in [3.63, 3.8) is 0 Å². The molecule has 5 nitrogen and oxygen atoms in total. The van der Waals surface area contributed by atoms with E-state index in [4.69, 9.17) is 4.74 Å². The number of nitrogens with zero attached hydrogens (tertiary/aromatic N) is 2. The van der Waals surface area contributed by atoms with Gasteiger partial charge in [-0.05, 0) is 39.0 Å². The fraction of sp³-hybridized carbons (Fsp3) is 0.714. The summed E-state index contributed by atoms with van der Waals surface area (Å²) in [4.78, 5) is 8.50. The van der Waals surface area contributed by atoms with Gasteiger partial charge >= 0.3 is 0 Å². The molecule has 2 rings (SSSR count). The highest BCUT2D eigenvalue weighted by atomic mass is 16.5. The number of anilines is 2. The zero-order chi connectivity index (χ0) is 13.5. The predicted octanol–water partition coefficient (Wildman–Crippen LogP) is 2.45. The van der Waals surface area contributed by atoms with E-state index in [1.807, 2.05) is 6.92 Å². The van der Waals surface area contributed by atoms with Crippen LogP contribution in [0.25, 0.3) is 0 Å². The quantitative estimate of drug-likeness (QED) is 0.671. The maximum absolute atomic E-state index is 5.60. The molecule has 0 aliphatic heterocycles. The SMILES string of the molecule is CCNc1ncnc(NCCCOCC2CC2)c1C. The first kappa shape index (κ1) is 14.1. The Labute approximate surface area is 115 Å². The Morgan fingerprint density at radius 2 is 2.00 bits per heavy atom. The van der Waals surface area contributed by atoms with Crippen LogP contribution in [0, 0.1) is 12.8 Å². The highest BCUT2D eigenvalue weighted by Gasteiger charge is 2.20. The highest BCUT2D eigenvalue weighted by molar-refractivity contribution is 5.56. The van der Waals surface area contributed by atoms with E-state index in [1.54, 1.807) is 6.33 Å². The van der Waals surface area contributed by atoms with Gasteiger partial charge in [-0.2, -0.15) is 0 Å². The van der Waals surface area contributed by atoms with Crippen LogP contribution in [0.4, 0.5) is 11.6 Å². The van der Waals surface area contributed by atoms with Crippen molar-refractivity contribution in [3.05, 3.63) is 11.9 Å². The molecule has 1 aliphatic rings.